The van der Waals surface area contributed by atoms with Gasteiger partial charge in [0.05, 0.1) is 60.3 Å². The molecule has 133 heavy (non-hydrogen) atoms. The summed E-state index contributed by atoms with van der Waals surface area (Å²) in [6.45, 7) is -0.266. The maximum absolute atomic E-state index is 11.8. The third-order valence-electron chi connectivity index (χ3n) is 21.1. The molecule has 12 heterocycles. The summed E-state index contributed by atoms with van der Waals surface area (Å²) in [5, 5.41) is 91.4. The molecule has 6 N–H and O–H groups in total. The first-order valence-corrected chi connectivity index (χ1v) is 54.7. The second kappa shape index (κ2) is 49.0. The van der Waals surface area contributed by atoms with E-state index >= 15 is 0 Å². The minimum atomic E-state index is -3.05. The van der Waals surface area contributed by atoms with Crippen LogP contribution in [0.2, 0.25) is 0 Å². The van der Waals surface area contributed by atoms with Crippen LogP contribution in [0.4, 0.5) is 0 Å². The molecule has 0 spiro atoms. The molecule has 18 aromatic rings. The number of aliphatic hydroxyl groups is 6. The van der Waals surface area contributed by atoms with Gasteiger partial charge in [-0.15, -0.1) is 136 Å². The average Bonchev–Trinajstić information content (AvgIpc) is 1.69. The van der Waals surface area contributed by atoms with Gasteiger partial charge in [0.25, 0.3) is 0 Å². The minimum absolute atomic E-state index is 0.0649. The Balaban J connectivity index is 0.000000142. The second-order valence-electron chi connectivity index (χ2n) is 30.9. The quantitative estimate of drug-likeness (QED) is 0.0191. The van der Waals surface area contributed by atoms with Gasteiger partial charge >= 0.3 is 0 Å². The normalized spacial score (nSPS) is 14.2. The van der Waals surface area contributed by atoms with Crippen molar-refractivity contribution in [2.75, 3.05) is 31.5 Å². The number of methoxy groups -OCH3 is 2. The van der Waals surface area contributed by atoms with Gasteiger partial charge in [0, 0.05) is 93.9 Å². The van der Waals surface area contributed by atoms with E-state index < -0.39 is 47.3 Å². The highest BCUT2D eigenvalue weighted by Crippen LogP contribution is 2.50. The van der Waals surface area contributed by atoms with Crippen molar-refractivity contribution in [1.29, 1.82) is 0 Å². The van der Waals surface area contributed by atoms with Gasteiger partial charge in [-0.25, -0.2) is 0 Å². The predicted octanol–water partition coefficient (Wildman–Crippen LogP) is 32.6. The maximum atomic E-state index is 11.8. The van der Waals surface area contributed by atoms with Crippen LogP contribution in [0.25, 0.3) is 70.7 Å². The van der Waals surface area contributed by atoms with Crippen molar-refractivity contribution >= 4 is 180 Å². The molecule has 0 aliphatic carbocycles. The molecule has 23 heteroatoms. The van der Waals surface area contributed by atoms with E-state index in [4.69, 9.17) is 22.4 Å². The third-order valence-corrected chi connectivity index (χ3v) is 34.8. The summed E-state index contributed by atoms with van der Waals surface area (Å²) in [6.07, 6.45) is 16.0. The lowest BCUT2D eigenvalue weighted by molar-refractivity contribution is 0.00840. The lowest BCUT2D eigenvalue weighted by Gasteiger charge is -2.34. The molecule has 0 saturated heterocycles. The summed E-state index contributed by atoms with van der Waals surface area (Å²) in [5.41, 5.74) is 2.24. The molecule has 6 aromatic carbocycles. The minimum Gasteiger partial charge on any atom is -0.493 e. The third kappa shape index (κ3) is 27.2. The van der Waals surface area contributed by atoms with Crippen molar-refractivity contribution in [2.45, 2.75) is 80.4 Å². The molecule has 0 aliphatic rings. The Kier molecular flexibility index (Phi) is 34.2. The number of thiophene rings is 12. The Labute approximate surface area is 853 Å². The number of hydrogen-bond donors (Lipinski definition) is 6. The Morgan fingerprint density at radius 3 is 1.06 bits per heavy atom. The molecule has 0 bridgehead atoms. The summed E-state index contributed by atoms with van der Waals surface area (Å²) in [4.78, 5) is 12.8. The van der Waals surface area contributed by atoms with Crippen molar-refractivity contribution < 1.29 is 53.1 Å². The number of hydrogen-bond acceptors (Lipinski definition) is 21. The Bertz CT molecular complexity index is 6660. The van der Waals surface area contributed by atoms with E-state index in [2.05, 4.69) is 150 Å². The van der Waals surface area contributed by atoms with Gasteiger partial charge < -0.3 is 44.8 Å². The first kappa shape index (κ1) is 92.8. The zero-order chi connectivity index (χ0) is 98.7. The summed E-state index contributed by atoms with van der Waals surface area (Å²) < 4.78 is 61.2. The van der Waals surface area contributed by atoms with Crippen LogP contribution in [0.5, 0.6) is 17.2 Å². The SMILES string of the molecule is CC(O)(COc1ccccc1)c1ccsc1-c1cccs1.CC(O)(c1ccsc1-c1cccs1)C(c1ccccc1)c1ccccc1.COc1ccc(CC(C)(O)c2ccsc2-c2cccs2)cc1OC.OC(/C=C\C=C\c1ccccc1)(/C=C/C=C\c1ccccc1)c1ccsc1-c1cccs1.OC(CBr)(CBr)c1ccsc1-c1cccs1.[2H]C([2H])([2H])C(O)(c1ccsc1-c1cccs1)C([2H])([2H])[2H]. The van der Waals surface area contributed by atoms with Gasteiger partial charge in [0.15, 0.2) is 11.5 Å². The van der Waals surface area contributed by atoms with Crippen molar-refractivity contribution in [1.82, 2.24) is 0 Å². The van der Waals surface area contributed by atoms with Crippen LogP contribution in [0, 0.1) is 0 Å². The predicted molar refractivity (Wildman–Crippen MR) is 584 cm³/mol. The molecule has 12 aromatic heterocycles. The monoisotopic (exact) mass is 2110 g/mol. The summed E-state index contributed by atoms with van der Waals surface area (Å²) in [5.74, 6) is 1.99. The molecule has 0 fully saturated rings. The molecule has 0 saturated carbocycles. The van der Waals surface area contributed by atoms with Gasteiger partial charge in [0.1, 0.15) is 29.2 Å². The number of para-hydroxylation sites is 1. The Hall–Kier alpha value is -9.20. The Morgan fingerprint density at radius 2 is 0.677 bits per heavy atom. The van der Waals surface area contributed by atoms with Gasteiger partial charge in [0.2, 0.25) is 0 Å². The van der Waals surface area contributed by atoms with Gasteiger partial charge in [-0.2, -0.15) is 0 Å². The highest BCUT2D eigenvalue weighted by molar-refractivity contribution is 9.09. The van der Waals surface area contributed by atoms with Gasteiger partial charge in [-0.3, -0.25) is 0 Å². The van der Waals surface area contributed by atoms with Crippen LogP contribution >= 0.6 is 168 Å². The number of benzene rings is 6. The largest absolute Gasteiger partial charge is 0.493 e. The molecule has 18 rings (SSSR count). The number of rotatable bonds is 30. The van der Waals surface area contributed by atoms with E-state index in [9.17, 15) is 30.6 Å². The van der Waals surface area contributed by atoms with Crippen molar-refractivity contribution in [3.63, 3.8) is 0 Å². The van der Waals surface area contributed by atoms with Crippen LogP contribution in [0.3, 0.4) is 0 Å². The van der Waals surface area contributed by atoms with Crippen molar-refractivity contribution in [3.8, 4) is 75.8 Å². The maximum Gasteiger partial charge on any atom is 0.160 e. The van der Waals surface area contributed by atoms with Crippen molar-refractivity contribution in [2.24, 2.45) is 0 Å². The Morgan fingerprint density at radius 1 is 0.338 bits per heavy atom. The van der Waals surface area contributed by atoms with E-state index in [1.807, 2.05) is 265 Å². The van der Waals surface area contributed by atoms with Crippen LogP contribution in [0.15, 0.2) is 380 Å². The van der Waals surface area contributed by atoms with Crippen LogP contribution < -0.4 is 14.2 Å². The first-order chi connectivity index (χ1) is 66.9. The molecular formula is C110H102Br2O9S12. The number of alkyl halides is 2. The number of halogens is 2. The molecule has 4 atom stereocenters. The van der Waals surface area contributed by atoms with Gasteiger partial charge in [-0.1, -0.05) is 250 Å². The van der Waals surface area contributed by atoms with E-state index in [-0.39, 0.29) is 18.1 Å². The fraction of sp³-hybridized carbons (Fsp3) is 0.164. The first-order valence-electron chi connectivity index (χ1n) is 44.9. The standard InChI is InChI=1S/C29H24OS2.C23H20OS2.C19H20O3S2.C17H16O2S2.C11H10Br2OS2.C11H12OS2/c30-29(20-9-7-16-24-12-3-1-4-13-24,21-10-8-17-25-14-5-2-6-15-25)26-19-23-32-28(26)27-18-11-22-31-27;1-23(24,19-14-16-26-22(19)20-13-8-15-25-20)21(17-9-4-2-5-10-17)18-11-6-3-7-12-18;1-19(20,12-13-6-7-15(21-2)16(11-13)22-3)14-8-10-24-18(14)17-5-4-9-23-17;1-17(18,12-19-13-6-3-2-4-7-13)14-9-11-21-16(14)15-8-5-10-20-15;12-6-11(14,7-13)8-3-5-16-10(8)9-2-1-4-15-9;1-11(2,12)8-5-7-14-10(8)9-4-3-6-13-9/h1-23,30H;2-16,21,24H,1H3;4-11,20H,12H2,1-3H3;2-11,18H,12H2,1H3;1-5,14H,6-7H2;3-7,12H,1-2H3/b16-7-,17-8+,20-9+,21-10-;;;;;/i;;;;;1D3,2D3. The summed E-state index contributed by atoms with van der Waals surface area (Å²) >= 11 is 26.1. The average molecular weight is 2120 g/mol. The highest BCUT2D eigenvalue weighted by atomic mass is 79.9. The zero-order valence-corrected chi connectivity index (χ0v) is 86.0. The highest BCUT2D eigenvalue weighted by Gasteiger charge is 2.40. The zero-order valence-electron chi connectivity index (χ0n) is 79.1. The molecule has 4 unspecified atom stereocenters. The van der Waals surface area contributed by atoms with Crippen LogP contribution in [0.1, 0.15) is 110 Å². The van der Waals surface area contributed by atoms with E-state index in [1.54, 1.807) is 152 Å². The van der Waals surface area contributed by atoms with Crippen LogP contribution in [-0.4, -0.2) is 62.1 Å². The fourth-order valence-electron chi connectivity index (χ4n) is 14.5. The number of ether oxygens (including phenoxy) is 3. The molecular weight excluding hydrogens is 2010 g/mol. The van der Waals surface area contributed by atoms with E-state index in [0.29, 0.717) is 33.5 Å². The lowest BCUT2D eigenvalue weighted by atomic mass is 9.74. The molecule has 9 nitrogen and oxygen atoms in total. The van der Waals surface area contributed by atoms with Gasteiger partial charge in [-0.05, 0) is 236 Å². The fourth-order valence-corrected chi connectivity index (χ4v) is 27.3. The van der Waals surface area contributed by atoms with E-state index in [0.717, 1.165) is 95.5 Å². The number of allylic oxidation sites excluding steroid dienone is 4. The molecule has 0 aliphatic heterocycles. The summed E-state index contributed by atoms with van der Waals surface area (Å²) in [6, 6.07) is 91.9. The molecule has 0 radical (unpaired) electrons. The van der Waals surface area contributed by atoms with Crippen LogP contribution in [-0.2, 0) is 40.0 Å². The molecule has 682 valence electrons. The van der Waals surface area contributed by atoms with Crippen molar-refractivity contribution in [3.05, 3.63) is 441 Å². The smallest absolute Gasteiger partial charge is 0.160 e. The topological polar surface area (TPSA) is 149 Å². The lowest BCUT2D eigenvalue weighted by Crippen LogP contribution is -2.31. The van der Waals surface area contributed by atoms with E-state index in [1.165, 1.54) is 48.2 Å². The second-order valence-corrected chi connectivity index (χ2v) is 43.2. The molecule has 0 amide bonds. The summed E-state index contributed by atoms with van der Waals surface area (Å²) in [7, 11) is 3.24.